The van der Waals surface area contributed by atoms with Crippen molar-refractivity contribution in [1.29, 1.82) is 0 Å². The maximum absolute atomic E-state index is 5.85. The van der Waals surface area contributed by atoms with Crippen molar-refractivity contribution in [2.24, 2.45) is 0 Å². The zero-order valence-corrected chi connectivity index (χ0v) is 16.9. The number of anilines is 1. The van der Waals surface area contributed by atoms with Crippen LogP contribution >= 0.6 is 12.2 Å². The van der Waals surface area contributed by atoms with Crippen molar-refractivity contribution in [1.82, 2.24) is 5.32 Å². The van der Waals surface area contributed by atoms with Crippen LogP contribution in [0.4, 0.5) is 5.69 Å². The van der Waals surface area contributed by atoms with Crippen molar-refractivity contribution >= 4 is 23.0 Å². The summed E-state index contributed by atoms with van der Waals surface area (Å²) in [5.41, 5.74) is 3.38. The van der Waals surface area contributed by atoms with E-state index in [0.717, 1.165) is 17.2 Å². The van der Waals surface area contributed by atoms with Crippen LogP contribution in [0.3, 0.4) is 0 Å². The monoisotopic (exact) mass is 372 g/mol. The van der Waals surface area contributed by atoms with Gasteiger partial charge in [-0.15, -0.1) is 0 Å². The van der Waals surface area contributed by atoms with Gasteiger partial charge in [-0.3, -0.25) is 0 Å². The molecule has 2 rings (SSSR count). The number of thiocarbonyl (C=S) groups is 1. The first-order valence-electron chi connectivity index (χ1n) is 8.88. The van der Waals surface area contributed by atoms with Gasteiger partial charge in [0.15, 0.2) is 5.11 Å². The fourth-order valence-electron chi connectivity index (χ4n) is 2.38. The van der Waals surface area contributed by atoms with Crippen molar-refractivity contribution in [3.05, 3.63) is 53.6 Å². The van der Waals surface area contributed by atoms with E-state index in [0.29, 0.717) is 11.7 Å². The maximum Gasteiger partial charge on any atom is 0.171 e. The van der Waals surface area contributed by atoms with Gasteiger partial charge in [0.25, 0.3) is 0 Å². The molecule has 0 aliphatic heterocycles. The molecule has 5 heteroatoms. The summed E-state index contributed by atoms with van der Waals surface area (Å²) in [4.78, 5) is 0. The Hall–Kier alpha value is -2.27. The van der Waals surface area contributed by atoms with Gasteiger partial charge >= 0.3 is 0 Å². The SMILES string of the molecule is Cc1ccc(OCC(C)NC(=S)Nc2cccc(OC(C)C)c2)cc1C. The number of benzene rings is 2. The van der Waals surface area contributed by atoms with Crippen LogP contribution in [0.5, 0.6) is 11.5 Å². The normalized spacial score (nSPS) is 11.8. The molecule has 0 aliphatic carbocycles. The topological polar surface area (TPSA) is 42.5 Å². The van der Waals surface area contributed by atoms with Gasteiger partial charge in [0.05, 0.1) is 12.1 Å². The molecule has 2 aromatic rings. The lowest BCUT2D eigenvalue weighted by atomic mass is 10.1. The Kier molecular flexibility index (Phi) is 7.27. The van der Waals surface area contributed by atoms with E-state index in [2.05, 4.69) is 36.6 Å². The lowest BCUT2D eigenvalue weighted by Crippen LogP contribution is -2.39. The Morgan fingerprint density at radius 1 is 1.00 bits per heavy atom. The summed E-state index contributed by atoms with van der Waals surface area (Å²) in [6, 6.07) is 14.0. The minimum atomic E-state index is 0.0757. The van der Waals surface area contributed by atoms with Crippen molar-refractivity contribution in [3.63, 3.8) is 0 Å². The van der Waals surface area contributed by atoms with E-state index in [-0.39, 0.29) is 12.1 Å². The van der Waals surface area contributed by atoms with Crippen LogP contribution in [0.2, 0.25) is 0 Å². The first kappa shape index (κ1) is 20.0. The average molecular weight is 373 g/mol. The Morgan fingerprint density at radius 2 is 1.77 bits per heavy atom. The van der Waals surface area contributed by atoms with Crippen molar-refractivity contribution < 1.29 is 9.47 Å². The third-order valence-corrected chi connectivity index (χ3v) is 4.04. The van der Waals surface area contributed by atoms with Crippen LogP contribution in [0.25, 0.3) is 0 Å². The van der Waals surface area contributed by atoms with Crippen LogP contribution in [0.1, 0.15) is 31.9 Å². The van der Waals surface area contributed by atoms with Crippen molar-refractivity contribution in [3.8, 4) is 11.5 Å². The molecule has 140 valence electrons. The first-order chi connectivity index (χ1) is 12.3. The average Bonchev–Trinajstić information content (AvgIpc) is 2.55. The molecular weight excluding hydrogens is 344 g/mol. The van der Waals surface area contributed by atoms with E-state index in [9.17, 15) is 0 Å². The van der Waals surface area contributed by atoms with Crippen LogP contribution in [0, 0.1) is 13.8 Å². The van der Waals surface area contributed by atoms with E-state index in [1.165, 1.54) is 11.1 Å². The highest BCUT2D eigenvalue weighted by Gasteiger charge is 2.07. The summed E-state index contributed by atoms with van der Waals surface area (Å²) in [5, 5.41) is 6.98. The second kappa shape index (κ2) is 9.43. The Morgan fingerprint density at radius 3 is 2.46 bits per heavy atom. The van der Waals surface area contributed by atoms with E-state index in [1.807, 2.05) is 51.1 Å². The van der Waals surface area contributed by atoms with Gasteiger partial charge in [-0.2, -0.15) is 0 Å². The van der Waals surface area contributed by atoms with Crippen LogP contribution in [0.15, 0.2) is 42.5 Å². The van der Waals surface area contributed by atoms with Gasteiger partial charge in [-0.25, -0.2) is 0 Å². The fourth-order valence-corrected chi connectivity index (χ4v) is 2.70. The lowest BCUT2D eigenvalue weighted by molar-refractivity contribution is 0.242. The largest absolute Gasteiger partial charge is 0.491 e. The van der Waals surface area contributed by atoms with Crippen LogP contribution < -0.4 is 20.1 Å². The number of aryl methyl sites for hydroxylation is 2. The highest BCUT2D eigenvalue weighted by atomic mass is 32.1. The minimum absolute atomic E-state index is 0.0757. The smallest absolute Gasteiger partial charge is 0.171 e. The van der Waals surface area contributed by atoms with E-state index < -0.39 is 0 Å². The Labute approximate surface area is 161 Å². The molecule has 0 bridgehead atoms. The van der Waals surface area contributed by atoms with E-state index >= 15 is 0 Å². The van der Waals surface area contributed by atoms with Gasteiger partial charge in [0.2, 0.25) is 0 Å². The molecule has 0 aliphatic rings. The lowest BCUT2D eigenvalue weighted by Gasteiger charge is -2.18. The van der Waals surface area contributed by atoms with Crippen molar-refractivity contribution in [2.75, 3.05) is 11.9 Å². The molecule has 4 nitrogen and oxygen atoms in total. The van der Waals surface area contributed by atoms with Crippen molar-refractivity contribution in [2.45, 2.75) is 46.8 Å². The molecule has 0 heterocycles. The summed E-state index contributed by atoms with van der Waals surface area (Å²) in [7, 11) is 0. The first-order valence-corrected chi connectivity index (χ1v) is 9.28. The molecular formula is C21H28N2O2S. The number of ether oxygens (including phenoxy) is 2. The predicted octanol–water partition coefficient (Wildman–Crippen LogP) is 4.84. The summed E-state index contributed by atoms with van der Waals surface area (Å²) >= 11 is 5.39. The van der Waals surface area contributed by atoms with Gasteiger partial charge in [0, 0.05) is 11.8 Å². The van der Waals surface area contributed by atoms with Gasteiger partial charge in [-0.05, 0) is 82.2 Å². The maximum atomic E-state index is 5.85. The van der Waals surface area contributed by atoms with Crippen LogP contribution in [-0.2, 0) is 0 Å². The summed E-state index contributed by atoms with van der Waals surface area (Å²) in [6.45, 7) is 10.7. The highest BCUT2D eigenvalue weighted by Crippen LogP contribution is 2.19. The summed E-state index contributed by atoms with van der Waals surface area (Å²) in [6.07, 6.45) is 0.137. The summed E-state index contributed by atoms with van der Waals surface area (Å²) in [5.74, 6) is 1.69. The van der Waals surface area contributed by atoms with Gasteiger partial charge in [-0.1, -0.05) is 12.1 Å². The predicted molar refractivity (Wildman–Crippen MR) is 112 cm³/mol. The Bertz CT molecular complexity index is 747. The molecule has 26 heavy (non-hydrogen) atoms. The highest BCUT2D eigenvalue weighted by molar-refractivity contribution is 7.80. The summed E-state index contributed by atoms with van der Waals surface area (Å²) < 4.78 is 11.5. The Balaban J connectivity index is 1.82. The molecule has 0 aromatic heterocycles. The second-order valence-electron chi connectivity index (χ2n) is 6.75. The molecule has 0 saturated carbocycles. The zero-order valence-electron chi connectivity index (χ0n) is 16.1. The molecule has 0 saturated heterocycles. The third kappa shape index (κ3) is 6.56. The third-order valence-electron chi connectivity index (χ3n) is 3.82. The molecule has 0 radical (unpaired) electrons. The fraction of sp³-hybridized carbons (Fsp3) is 0.381. The number of nitrogens with one attached hydrogen (secondary N) is 2. The number of rotatable bonds is 7. The molecule has 2 aromatic carbocycles. The minimum Gasteiger partial charge on any atom is -0.491 e. The van der Waals surface area contributed by atoms with Crippen LogP contribution in [-0.4, -0.2) is 23.9 Å². The van der Waals surface area contributed by atoms with Gasteiger partial charge < -0.3 is 20.1 Å². The van der Waals surface area contributed by atoms with E-state index in [1.54, 1.807) is 0 Å². The van der Waals surface area contributed by atoms with Gasteiger partial charge in [0.1, 0.15) is 18.1 Å². The van der Waals surface area contributed by atoms with E-state index in [4.69, 9.17) is 21.7 Å². The number of hydrogen-bond acceptors (Lipinski definition) is 3. The standard InChI is InChI=1S/C21H28N2O2S/c1-14(2)25-20-8-6-7-18(12-20)23-21(26)22-17(5)13-24-19-10-9-15(3)16(4)11-19/h6-12,14,17H,13H2,1-5H3,(H2,22,23,26). The molecule has 1 atom stereocenters. The molecule has 2 N–H and O–H groups in total. The molecule has 1 unspecified atom stereocenters. The second-order valence-corrected chi connectivity index (χ2v) is 7.16. The molecule has 0 amide bonds. The molecule has 0 spiro atoms. The zero-order chi connectivity index (χ0) is 19.1. The number of hydrogen-bond donors (Lipinski definition) is 2. The molecule has 0 fully saturated rings. The quantitative estimate of drug-likeness (QED) is 0.681.